The standard InChI is InChI=1S/C28H32FN5O3/c1-3-18-20(29)5-4-6-21(18)32-25-23-26(28(8-9-28)16-31-27(23)35)33-24(25)19-7-10-30-13-22(19)37-15-17-14-34(2)11-12-36-17/h4-7,10,13,17,32-33H,3,8-9,11-12,14-16H2,1-2H3,(H,31,35)/t17-/m1/s1. The molecule has 9 heteroatoms. The fourth-order valence-electron chi connectivity index (χ4n) is 5.48. The van der Waals surface area contributed by atoms with E-state index < -0.39 is 0 Å². The van der Waals surface area contributed by atoms with Crippen LogP contribution in [0.1, 0.15) is 41.4 Å². The van der Waals surface area contributed by atoms with Gasteiger partial charge in [0.15, 0.2) is 0 Å². The molecule has 0 bridgehead atoms. The lowest BCUT2D eigenvalue weighted by atomic mass is 9.93. The molecule has 0 radical (unpaired) electrons. The molecule has 1 atom stereocenters. The number of fused-ring (bicyclic) bond motifs is 2. The minimum Gasteiger partial charge on any atom is -0.488 e. The molecule has 2 fully saturated rings. The molecule has 37 heavy (non-hydrogen) atoms. The first-order chi connectivity index (χ1) is 18.0. The zero-order chi connectivity index (χ0) is 25.6. The topological polar surface area (TPSA) is 91.5 Å². The number of anilines is 2. The van der Waals surface area contributed by atoms with Gasteiger partial charge in [0, 0.05) is 53.8 Å². The van der Waals surface area contributed by atoms with Crippen LogP contribution in [-0.4, -0.2) is 66.8 Å². The number of amides is 1. The minimum atomic E-state index is -0.271. The maximum Gasteiger partial charge on any atom is 0.255 e. The first kappa shape index (κ1) is 23.9. The van der Waals surface area contributed by atoms with Crippen molar-refractivity contribution in [2.24, 2.45) is 0 Å². The number of aromatic nitrogens is 2. The van der Waals surface area contributed by atoms with Crippen LogP contribution >= 0.6 is 0 Å². The molecule has 3 N–H and O–H groups in total. The summed E-state index contributed by atoms with van der Waals surface area (Å²) in [6.45, 7) is 5.29. The molecule has 194 valence electrons. The Morgan fingerprint density at radius 3 is 2.97 bits per heavy atom. The average molecular weight is 506 g/mol. The van der Waals surface area contributed by atoms with Crippen molar-refractivity contribution >= 4 is 17.3 Å². The summed E-state index contributed by atoms with van der Waals surface area (Å²) >= 11 is 0. The Morgan fingerprint density at radius 2 is 2.19 bits per heavy atom. The molecule has 1 spiro atoms. The number of H-pyrrole nitrogens is 1. The molecule has 1 saturated heterocycles. The number of ether oxygens (including phenoxy) is 2. The average Bonchev–Trinajstić information content (AvgIpc) is 3.58. The Balaban J connectivity index is 1.43. The van der Waals surface area contributed by atoms with E-state index in [0.29, 0.717) is 54.4 Å². The molecule has 0 unspecified atom stereocenters. The number of benzene rings is 1. The zero-order valence-electron chi connectivity index (χ0n) is 21.2. The van der Waals surface area contributed by atoms with Crippen molar-refractivity contribution in [3.05, 3.63) is 59.3 Å². The minimum absolute atomic E-state index is 0.0406. The predicted octanol–water partition coefficient (Wildman–Crippen LogP) is 4.01. The van der Waals surface area contributed by atoms with Gasteiger partial charge in [-0.15, -0.1) is 0 Å². The van der Waals surface area contributed by atoms with Crippen molar-refractivity contribution in [2.45, 2.75) is 37.7 Å². The van der Waals surface area contributed by atoms with Gasteiger partial charge in [0.25, 0.3) is 5.91 Å². The van der Waals surface area contributed by atoms with Crippen LogP contribution < -0.4 is 15.4 Å². The van der Waals surface area contributed by atoms with E-state index in [1.807, 2.05) is 19.1 Å². The molecule has 3 aromatic rings. The predicted molar refractivity (Wildman–Crippen MR) is 139 cm³/mol. The van der Waals surface area contributed by atoms with Gasteiger partial charge in [-0.1, -0.05) is 13.0 Å². The number of halogens is 1. The van der Waals surface area contributed by atoms with Gasteiger partial charge in [0.1, 0.15) is 24.3 Å². The van der Waals surface area contributed by atoms with E-state index in [0.717, 1.165) is 42.9 Å². The van der Waals surface area contributed by atoms with E-state index in [9.17, 15) is 9.18 Å². The van der Waals surface area contributed by atoms with Crippen LogP contribution in [-0.2, 0) is 16.6 Å². The molecule has 6 rings (SSSR count). The highest BCUT2D eigenvalue weighted by atomic mass is 19.1. The second-order valence-electron chi connectivity index (χ2n) is 10.3. The Kier molecular flexibility index (Phi) is 6.12. The summed E-state index contributed by atoms with van der Waals surface area (Å²) in [4.78, 5) is 23.3. The molecule has 8 nitrogen and oxygen atoms in total. The molecule has 3 aliphatic rings. The summed E-state index contributed by atoms with van der Waals surface area (Å²) in [5, 5.41) is 6.51. The molecule has 2 aromatic heterocycles. The van der Waals surface area contributed by atoms with Gasteiger partial charge < -0.3 is 30.0 Å². The SMILES string of the molecule is CCc1c(F)cccc1Nc1c(-c2ccncc2OC[C@H]2CN(C)CCO2)[nH]c2c1C(=O)NCC21CC1. The highest BCUT2D eigenvalue weighted by Gasteiger charge is 2.51. The van der Waals surface area contributed by atoms with Crippen LogP contribution in [0.25, 0.3) is 11.3 Å². The van der Waals surface area contributed by atoms with Crippen LogP contribution in [0.4, 0.5) is 15.8 Å². The van der Waals surface area contributed by atoms with E-state index in [4.69, 9.17) is 9.47 Å². The summed E-state index contributed by atoms with van der Waals surface area (Å²) in [5.41, 5.74) is 4.81. The van der Waals surface area contributed by atoms with Gasteiger partial charge in [0.2, 0.25) is 0 Å². The van der Waals surface area contributed by atoms with Gasteiger partial charge in [0.05, 0.1) is 29.7 Å². The van der Waals surface area contributed by atoms with Crippen molar-refractivity contribution in [3.63, 3.8) is 0 Å². The Morgan fingerprint density at radius 1 is 1.32 bits per heavy atom. The van der Waals surface area contributed by atoms with Gasteiger partial charge in [-0.25, -0.2) is 4.39 Å². The maximum absolute atomic E-state index is 14.6. The van der Waals surface area contributed by atoms with Crippen molar-refractivity contribution in [2.75, 3.05) is 45.2 Å². The van der Waals surface area contributed by atoms with E-state index in [1.165, 1.54) is 6.07 Å². The normalized spacial score (nSPS) is 20.4. The zero-order valence-corrected chi connectivity index (χ0v) is 21.2. The number of morpholine rings is 1. The third-order valence-corrected chi connectivity index (χ3v) is 7.75. The highest BCUT2D eigenvalue weighted by molar-refractivity contribution is 6.07. The lowest BCUT2D eigenvalue weighted by molar-refractivity contribution is -0.0403. The van der Waals surface area contributed by atoms with Gasteiger partial charge in [-0.2, -0.15) is 0 Å². The number of hydrogen-bond acceptors (Lipinski definition) is 6. The van der Waals surface area contributed by atoms with Crippen LogP contribution in [0.5, 0.6) is 5.75 Å². The summed E-state index contributed by atoms with van der Waals surface area (Å²) in [5.74, 6) is 0.190. The third kappa shape index (κ3) is 4.36. The summed E-state index contributed by atoms with van der Waals surface area (Å²) < 4.78 is 26.8. The number of nitrogens with one attached hydrogen (secondary N) is 3. The van der Waals surface area contributed by atoms with Gasteiger partial charge in [-0.3, -0.25) is 9.78 Å². The summed E-state index contributed by atoms with van der Waals surface area (Å²) in [7, 11) is 2.07. The van der Waals surface area contributed by atoms with Gasteiger partial charge in [-0.05, 0) is 44.5 Å². The second-order valence-corrected chi connectivity index (χ2v) is 10.3. The van der Waals surface area contributed by atoms with Crippen molar-refractivity contribution in [1.82, 2.24) is 20.2 Å². The van der Waals surface area contributed by atoms with E-state index in [1.54, 1.807) is 18.5 Å². The summed E-state index contributed by atoms with van der Waals surface area (Å²) in [6.07, 6.45) is 5.90. The number of carbonyl (C=O) groups excluding carboxylic acids is 1. The lowest BCUT2D eigenvalue weighted by Gasteiger charge is -2.30. The highest BCUT2D eigenvalue weighted by Crippen LogP contribution is 2.54. The van der Waals surface area contributed by atoms with Crippen molar-refractivity contribution in [1.29, 1.82) is 0 Å². The molecule has 1 aromatic carbocycles. The Hall–Kier alpha value is -3.43. The van der Waals surface area contributed by atoms with Crippen molar-refractivity contribution in [3.8, 4) is 17.0 Å². The van der Waals surface area contributed by atoms with E-state index in [-0.39, 0.29) is 23.2 Å². The lowest BCUT2D eigenvalue weighted by Crippen LogP contribution is -2.42. The number of nitrogens with zero attached hydrogens (tertiary/aromatic N) is 2. The van der Waals surface area contributed by atoms with Crippen LogP contribution in [0.2, 0.25) is 0 Å². The number of rotatable bonds is 7. The number of pyridine rings is 1. The number of aromatic amines is 1. The number of likely N-dealkylation sites (N-methyl/N-ethyl adjacent to an activating group) is 1. The molecular formula is C28H32FN5O3. The fourth-order valence-corrected chi connectivity index (χ4v) is 5.48. The molecule has 1 amide bonds. The van der Waals surface area contributed by atoms with Crippen molar-refractivity contribution < 1.29 is 18.7 Å². The third-order valence-electron chi connectivity index (χ3n) is 7.75. The van der Waals surface area contributed by atoms with Crippen LogP contribution in [0.3, 0.4) is 0 Å². The molecule has 2 aliphatic heterocycles. The monoisotopic (exact) mass is 505 g/mol. The summed E-state index contributed by atoms with van der Waals surface area (Å²) in [6, 6.07) is 6.87. The Labute approximate surface area is 215 Å². The fraction of sp³-hybridized carbons (Fsp3) is 0.429. The Bertz CT molecular complexity index is 1340. The van der Waals surface area contributed by atoms with E-state index >= 15 is 0 Å². The first-order valence-electron chi connectivity index (χ1n) is 13.0. The number of hydrogen-bond donors (Lipinski definition) is 3. The molecular weight excluding hydrogens is 473 g/mol. The maximum atomic E-state index is 14.6. The molecule has 1 aliphatic carbocycles. The quantitative estimate of drug-likeness (QED) is 0.450. The van der Waals surface area contributed by atoms with Crippen LogP contribution in [0.15, 0.2) is 36.7 Å². The molecule has 4 heterocycles. The number of carbonyl (C=O) groups is 1. The molecule has 1 saturated carbocycles. The van der Waals surface area contributed by atoms with E-state index in [2.05, 4.69) is 32.5 Å². The second kappa shape index (κ2) is 9.46. The van der Waals surface area contributed by atoms with Gasteiger partial charge >= 0.3 is 0 Å². The first-order valence-corrected chi connectivity index (χ1v) is 13.0. The largest absolute Gasteiger partial charge is 0.488 e. The smallest absolute Gasteiger partial charge is 0.255 e. The van der Waals surface area contributed by atoms with Crippen LogP contribution in [0, 0.1) is 5.82 Å².